The average molecular weight is 182 g/mol. The van der Waals surface area contributed by atoms with Crippen molar-refractivity contribution in [2.45, 2.75) is 44.6 Å². The molecule has 1 unspecified atom stereocenters. The van der Waals surface area contributed by atoms with Crippen molar-refractivity contribution in [2.24, 2.45) is 5.92 Å². The molecule has 1 saturated carbocycles. The van der Waals surface area contributed by atoms with Crippen molar-refractivity contribution in [1.82, 2.24) is 0 Å². The number of aliphatic hydroxyl groups excluding tert-OH is 1. The van der Waals surface area contributed by atoms with Gasteiger partial charge < -0.3 is 9.84 Å². The molecule has 2 aliphatic rings. The summed E-state index contributed by atoms with van der Waals surface area (Å²) in [6, 6.07) is 0. The lowest BCUT2D eigenvalue weighted by molar-refractivity contribution is 0.0992. The third-order valence-electron chi connectivity index (χ3n) is 3.09. The van der Waals surface area contributed by atoms with Crippen LogP contribution < -0.4 is 0 Å². The highest BCUT2D eigenvalue weighted by molar-refractivity contribution is 5.04. The maximum Gasteiger partial charge on any atom is 0.121 e. The summed E-state index contributed by atoms with van der Waals surface area (Å²) in [5.41, 5.74) is 0. The molecule has 0 radical (unpaired) electrons. The Morgan fingerprint density at radius 3 is 2.85 bits per heavy atom. The first-order chi connectivity index (χ1) is 6.36. The van der Waals surface area contributed by atoms with Crippen molar-refractivity contribution in [3.8, 4) is 0 Å². The van der Waals surface area contributed by atoms with Gasteiger partial charge in [0.15, 0.2) is 0 Å². The van der Waals surface area contributed by atoms with Crippen molar-refractivity contribution in [3.05, 3.63) is 11.8 Å². The molecule has 2 nitrogen and oxygen atoms in total. The van der Waals surface area contributed by atoms with E-state index in [-0.39, 0.29) is 6.10 Å². The van der Waals surface area contributed by atoms with Crippen LogP contribution in [-0.4, -0.2) is 17.8 Å². The number of aliphatic hydroxyl groups is 1. The number of hydrogen-bond acceptors (Lipinski definition) is 2. The minimum Gasteiger partial charge on any atom is -0.495 e. The van der Waals surface area contributed by atoms with E-state index in [0.717, 1.165) is 31.1 Å². The zero-order valence-electron chi connectivity index (χ0n) is 8.04. The standard InChI is InChI=1S/C11H18O2/c12-10(11-6-3-7-13-11)8-9-4-1-2-5-9/h6,9-10,12H,1-5,7-8H2. The van der Waals surface area contributed by atoms with Crippen LogP contribution in [0.5, 0.6) is 0 Å². The Kier molecular flexibility index (Phi) is 2.89. The van der Waals surface area contributed by atoms with E-state index in [4.69, 9.17) is 4.74 Å². The molecule has 0 bridgehead atoms. The molecule has 0 aromatic carbocycles. The van der Waals surface area contributed by atoms with Crippen LogP contribution in [0, 0.1) is 5.92 Å². The van der Waals surface area contributed by atoms with Crippen molar-refractivity contribution in [3.63, 3.8) is 0 Å². The highest BCUT2D eigenvalue weighted by atomic mass is 16.5. The molecule has 0 spiro atoms. The van der Waals surface area contributed by atoms with E-state index in [0.29, 0.717) is 0 Å². The van der Waals surface area contributed by atoms with Crippen LogP contribution in [0.3, 0.4) is 0 Å². The Bertz CT molecular complexity index is 192. The summed E-state index contributed by atoms with van der Waals surface area (Å²) in [6.45, 7) is 0.761. The molecule has 13 heavy (non-hydrogen) atoms. The lowest BCUT2D eigenvalue weighted by atomic mass is 9.99. The minimum atomic E-state index is -0.328. The van der Waals surface area contributed by atoms with Gasteiger partial charge in [-0.05, 0) is 18.4 Å². The second kappa shape index (κ2) is 4.14. The number of hydrogen-bond donors (Lipinski definition) is 1. The summed E-state index contributed by atoms with van der Waals surface area (Å²) in [5, 5.41) is 9.82. The molecule has 1 aliphatic carbocycles. The van der Waals surface area contributed by atoms with Gasteiger partial charge in [0, 0.05) is 6.42 Å². The van der Waals surface area contributed by atoms with Gasteiger partial charge in [-0.1, -0.05) is 25.7 Å². The van der Waals surface area contributed by atoms with Gasteiger partial charge >= 0.3 is 0 Å². The maximum atomic E-state index is 9.82. The van der Waals surface area contributed by atoms with Gasteiger partial charge in [-0.25, -0.2) is 0 Å². The molecular formula is C11H18O2. The zero-order chi connectivity index (χ0) is 9.10. The zero-order valence-corrected chi connectivity index (χ0v) is 8.04. The number of ether oxygens (including phenoxy) is 1. The molecule has 1 heterocycles. The molecule has 2 rings (SSSR count). The van der Waals surface area contributed by atoms with E-state index in [2.05, 4.69) is 0 Å². The summed E-state index contributed by atoms with van der Waals surface area (Å²) in [6.07, 6.45) is 8.86. The molecule has 0 aromatic heterocycles. The molecule has 1 aliphatic heterocycles. The second-order valence-electron chi connectivity index (χ2n) is 4.15. The van der Waals surface area contributed by atoms with Gasteiger partial charge in [0.05, 0.1) is 6.61 Å². The first-order valence-corrected chi connectivity index (χ1v) is 5.37. The van der Waals surface area contributed by atoms with Gasteiger partial charge in [0.25, 0.3) is 0 Å². The normalized spacial score (nSPS) is 25.8. The van der Waals surface area contributed by atoms with Crippen LogP contribution in [0.4, 0.5) is 0 Å². The predicted molar refractivity (Wildman–Crippen MR) is 51.2 cm³/mol. The van der Waals surface area contributed by atoms with Crippen LogP contribution in [-0.2, 0) is 4.74 Å². The smallest absolute Gasteiger partial charge is 0.121 e. The SMILES string of the molecule is OC(CC1CCCC1)C1=CCCO1. The van der Waals surface area contributed by atoms with Crippen LogP contribution in [0.25, 0.3) is 0 Å². The molecule has 0 saturated heterocycles. The third kappa shape index (κ3) is 2.25. The van der Waals surface area contributed by atoms with Crippen molar-refractivity contribution in [2.75, 3.05) is 6.61 Å². The maximum absolute atomic E-state index is 9.82. The Morgan fingerprint density at radius 1 is 1.46 bits per heavy atom. The van der Waals surface area contributed by atoms with Crippen LogP contribution in [0.1, 0.15) is 38.5 Å². The van der Waals surface area contributed by atoms with Crippen LogP contribution in [0.2, 0.25) is 0 Å². The lowest BCUT2D eigenvalue weighted by Crippen LogP contribution is -2.14. The van der Waals surface area contributed by atoms with E-state index in [1.54, 1.807) is 0 Å². The summed E-state index contributed by atoms with van der Waals surface area (Å²) < 4.78 is 5.34. The Hall–Kier alpha value is -0.500. The highest BCUT2D eigenvalue weighted by Crippen LogP contribution is 2.30. The average Bonchev–Trinajstić information content (AvgIpc) is 2.74. The molecule has 1 N–H and O–H groups in total. The monoisotopic (exact) mass is 182 g/mol. The second-order valence-corrected chi connectivity index (χ2v) is 4.15. The summed E-state index contributed by atoms with van der Waals surface area (Å²) in [5.74, 6) is 1.56. The van der Waals surface area contributed by atoms with Gasteiger partial charge in [0.2, 0.25) is 0 Å². The summed E-state index contributed by atoms with van der Waals surface area (Å²) >= 11 is 0. The first kappa shape index (κ1) is 9.07. The molecule has 1 fully saturated rings. The fourth-order valence-electron chi connectivity index (χ4n) is 2.35. The molecule has 2 heteroatoms. The third-order valence-corrected chi connectivity index (χ3v) is 3.09. The molecule has 74 valence electrons. The van der Waals surface area contributed by atoms with Crippen molar-refractivity contribution >= 4 is 0 Å². The fourth-order valence-corrected chi connectivity index (χ4v) is 2.35. The fraction of sp³-hybridized carbons (Fsp3) is 0.818. The van der Waals surface area contributed by atoms with E-state index in [1.165, 1.54) is 25.7 Å². The molecule has 0 amide bonds. The topological polar surface area (TPSA) is 29.5 Å². The van der Waals surface area contributed by atoms with Crippen LogP contribution >= 0.6 is 0 Å². The van der Waals surface area contributed by atoms with E-state index in [1.807, 2.05) is 6.08 Å². The largest absolute Gasteiger partial charge is 0.495 e. The molecule has 1 atom stereocenters. The Balaban J connectivity index is 1.79. The Labute approximate surface area is 79.6 Å². The van der Waals surface area contributed by atoms with E-state index >= 15 is 0 Å². The van der Waals surface area contributed by atoms with Crippen molar-refractivity contribution < 1.29 is 9.84 Å². The molecular weight excluding hydrogens is 164 g/mol. The van der Waals surface area contributed by atoms with Gasteiger partial charge in [-0.15, -0.1) is 0 Å². The number of rotatable bonds is 3. The highest BCUT2D eigenvalue weighted by Gasteiger charge is 2.22. The molecule has 0 aromatic rings. The minimum absolute atomic E-state index is 0.328. The van der Waals surface area contributed by atoms with Crippen LogP contribution in [0.15, 0.2) is 11.8 Å². The van der Waals surface area contributed by atoms with Gasteiger partial charge in [-0.2, -0.15) is 0 Å². The predicted octanol–water partition coefficient (Wildman–Crippen LogP) is 2.23. The van der Waals surface area contributed by atoms with Gasteiger partial charge in [0.1, 0.15) is 11.9 Å². The van der Waals surface area contributed by atoms with E-state index < -0.39 is 0 Å². The lowest BCUT2D eigenvalue weighted by Gasteiger charge is -2.15. The summed E-state index contributed by atoms with van der Waals surface area (Å²) in [7, 11) is 0. The first-order valence-electron chi connectivity index (χ1n) is 5.37. The summed E-state index contributed by atoms with van der Waals surface area (Å²) in [4.78, 5) is 0. The van der Waals surface area contributed by atoms with E-state index in [9.17, 15) is 5.11 Å². The quantitative estimate of drug-likeness (QED) is 0.725. The van der Waals surface area contributed by atoms with Crippen molar-refractivity contribution in [1.29, 1.82) is 0 Å². The van der Waals surface area contributed by atoms with Gasteiger partial charge in [-0.3, -0.25) is 0 Å². The Morgan fingerprint density at radius 2 is 2.23 bits per heavy atom.